The normalized spacial score (nSPS) is 16.4. The Bertz CT molecular complexity index is 1580. The molecule has 0 radical (unpaired) electrons. The Kier molecular flexibility index (Phi) is 6.14. The lowest BCUT2D eigenvalue weighted by atomic mass is 10.00. The number of alkyl halides is 2. The molecule has 1 atom stereocenters. The minimum absolute atomic E-state index is 0.0730. The van der Waals surface area contributed by atoms with Crippen molar-refractivity contribution in [3.05, 3.63) is 69.5 Å². The molecule has 0 fully saturated rings. The number of aromatic nitrogens is 3. The number of nitriles is 1. The van der Waals surface area contributed by atoms with E-state index in [1.807, 2.05) is 0 Å². The Morgan fingerprint density at radius 1 is 1.29 bits per heavy atom. The van der Waals surface area contributed by atoms with Crippen LogP contribution in [0.3, 0.4) is 0 Å². The maximum atomic E-state index is 14.9. The first-order chi connectivity index (χ1) is 16.4. The van der Waals surface area contributed by atoms with E-state index in [-0.39, 0.29) is 40.5 Å². The quantitative estimate of drug-likeness (QED) is 0.567. The van der Waals surface area contributed by atoms with Gasteiger partial charge in [0.25, 0.3) is 5.56 Å². The van der Waals surface area contributed by atoms with Crippen LogP contribution in [0.25, 0.3) is 16.6 Å². The molecule has 0 saturated heterocycles. The smallest absolute Gasteiger partial charge is 0.360 e. The van der Waals surface area contributed by atoms with E-state index in [4.69, 9.17) is 5.26 Å². The van der Waals surface area contributed by atoms with Crippen LogP contribution in [0, 0.1) is 17.1 Å². The van der Waals surface area contributed by atoms with Crippen LogP contribution in [0.5, 0.6) is 0 Å². The van der Waals surface area contributed by atoms with Crippen molar-refractivity contribution in [3.8, 4) is 6.07 Å². The summed E-state index contributed by atoms with van der Waals surface area (Å²) in [5.74, 6) is -5.22. The summed E-state index contributed by atoms with van der Waals surface area (Å²) >= 11 is 0. The van der Waals surface area contributed by atoms with Crippen LogP contribution >= 0.6 is 0 Å². The summed E-state index contributed by atoms with van der Waals surface area (Å²) < 4.78 is 67.5. The first-order valence-corrected chi connectivity index (χ1v) is 12.4. The van der Waals surface area contributed by atoms with Crippen LogP contribution in [-0.2, 0) is 22.8 Å². The summed E-state index contributed by atoms with van der Waals surface area (Å²) in [7, 11) is -1.68. The largest absolute Gasteiger partial charge is 0.363 e. The molecule has 8 nitrogen and oxygen atoms in total. The topological polar surface area (TPSA) is 118 Å². The first kappa shape index (κ1) is 24.4. The van der Waals surface area contributed by atoms with Crippen LogP contribution in [-0.4, -0.2) is 34.5 Å². The molecule has 12 heteroatoms. The van der Waals surface area contributed by atoms with Crippen molar-refractivity contribution in [3.63, 3.8) is 0 Å². The molecule has 0 saturated carbocycles. The molecular formula is C23H20F3N5O3S. The third kappa shape index (κ3) is 4.51. The Morgan fingerprint density at radius 2 is 2.03 bits per heavy atom. The van der Waals surface area contributed by atoms with Gasteiger partial charge in [-0.15, -0.1) is 0 Å². The van der Waals surface area contributed by atoms with Gasteiger partial charge in [0, 0.05) is 18.2 Å². The minimum atomic E-state index is -3.99. The fourth-order valence-electron chi connectivity index (χ4n) is 4.01. The van der Waals surface area contributed by atoms with Crippen LogP contribution in [0.2, 0.25) is 0 Å². The Labute approximate surface area is 198 Å². The monoisotopic (exact) mass is 503 g/mol. The molecule has 182 valence electrons. The zero-order valence-corrected chi connectivity index (χ0v) is 19.5. The highest BCUT2D eigenvalue weighted by atomic mass is 32.2. The van der Waals surface area contributed by atoms with Gasteiger partial charge in [-0.1, -0.05) is 18.2 Å². The molecule has 1 aliphatic rings. The number of aryl methyl sites for hydroxylation is 1. The second-order valence-corrected chi connectivity index (χ2v) is 10.5. The molecule has 1 unspecified atom stereocenters. The number of nitrogens with zero attached hydrogens (tertiary/aromatic N) is 4. The highest BCUT2D eigenvalue weighted by Crippen LogP contribution is 2.34. The van der Waals surface area contributed by atoms with Gasteiger partial charge in [-0.3, -0.25) is 9.36 Å². The predicted molar refractivity (Wildman–Crippen MR) is 124 cm³/mol. The summed E-state index contributed by atoms with van der Waals surface area (Å²) in [6.45, 7) is 1.54. The van der Waals surface area contributed by atoms with Gasteiger partial charge in [-0.05, 0) is 31.1 Å². The van der Waals surface area contributed by atoms with Gasteiger partial charge in [0.15, 0.2) is 9.84 Å². The zero-order chi connectivity index (χ0) is 25.5. The SMILES string of the molecule is CC(Nc1ncnc2c1cc(C1=CCS(=O)(=O)CC1)c(=O)n2C)c1cccc(C(F)(F)C#N)c1F. The Hall–Kier alpha value is -3.72. The molecule has 1 N–H and O–H groups in total. The summed E-state index contributed by atoms with van der Waals surface area (Å²) in [5.41, 5.74) is -0.335. The number of fused-ring (bicyclic) bond motifs is 1. The minimum Gasteiger partial charge on any atom is -0.363 e. The van der Waals surface area contributed by atoms with Crippen molar-refractivity contribution in [2.75, 3.05) is 16.8 Å². The van der Waals surface area contributed by atoms with E-state index in [9.17, 15) is 26.4 Å². The maximum Gasteiger partial charge on any atom is 0.360 e. The third-order valence-electron chi connectivity index (χ3n) is 5.94. The van der Waals surface area contributed by atoms with E-state index >= 15 is 0 Å². The molecule has 2 aromatic heterocycles. The molecule has 0 aliphatic carbocycles. The van der Waals surface area contributed by atoms with Crippen molar-refractivity contribution in [2.24, 2.45) is 7.05 Å². The maximum absolute atomic E-state index is 14.9. The summed E-state index contributed by atoms with van der Waals surface area (Å²) in [6.07, 6.45) is 2.90. The lowest BCUT2D eigenvalue weighted by Gasteiger charge is -2.20. The molecule has 0 bridgehead atoms. The number of hydrogen-bond acceptors (Lipinski definition) is 7. The lowest BCUT2D eigenvalue weighted by Crippen LogP contribution is -2.24. The molecule has 1 aromatic carbocycles. The van der Waals surface area contributed by atoms with Crippen LogP contribution < -0.4 is 10.9 Å². The van der Waals surface area contributed by atoms with Gasteiger partial charge in [-0.2, -0.15) is 14.0 Å². The molecular weight excluding hydrogens is 483 g/mol. The average molecular weight is 504 g/mol. The van der Waals surface area contributed by atoms with E-state index in [2.05, 4.69) is 15.3 Å². The van der Waals surface area contributed by atoms with Crippen molar-refractivity contribution in [2.45, 2.75) is 25.3 Å². The van der Waals surface area contributed by atoms with Gasteiger partial charge in [0.1, 0.15) is 29.7 Å². The molecule has 0 spiro atoms. The summed E-state index contributed by atoms with van der Waals surface area (Å²) in [6, 6.07) is 4.92. The van der Waals surface area contributed by atoms with Crippen molar-refractivity contribution >= 4 is 32.3 Å². The first-order valence-electron chi connectivity index (χ1n) is 10.5. The summed E-state index contributed by atoms with van der Waals surface area (Å²) in [5, 5.41) is 12.1. The van der Waals surface area contributed by atoms with Crippen molar-refractivity contribution in [1.29, 1.82) is 5.26 Å². The standard InChI is InChI=1S/C23H20F3N5O3S/c1-13(15-4-3-5-18(19(15)24)23(25,26)11-27)30-20-17-10-16(14-6-8-35(33,34)9-7-14)22(32)31(2)21(17)29-12-28-20/h3-6,10,12-13H,7-9H2,1-2H3,(H,28,29,30). The Morgan fingerprint density at radius 3 is 2.69 bits per heavy atom. The highest BCUT2D eigenvalue weighted by molar-refractivity contribution is 7.91. The fourth-order valence-corrected chi connectivity index (χ4v) is 5.16. The number of rotatable bonds is 5. The molecule has 4 rings (SSSR count). The van der Waals surface area contributed by atoms with Gasteiger partial charge < -0.3 is 5.32 Å². The van der Waals surface area contributed by atoms with Crippen molar-refractivity contribution < 1.29 is 21.6 Å². The van der Waals surface area contributed by atoms with E-state index in [1.54, 1.807) is 6.07 Å². The highest BCUT2D eigenvalue weighted by Gasteiger charge is 2.35. The van der Waals surface area contributed by atoms with E-state index in [0.717, 1.165) is 12.1 Å². The third-order valence-corrected chi connectivity index (χ3v) is 7.44. The lowest BCUT2D eigenvalue weighted by molar-refractivity contribution is 0.0569. The van der Waals surface area contributed by atoms with Crippen LogP contribution in [0.15, 0.2) is 41.5 Å². The zero-order valence-electron chi connectivity index (χ0n) is 18.7. The number of anilines is 1. The second-order valence-electron chi connectivity index (χ2n) is 8.24. The molecule has 35 heavy (non-hydrogen) atoms. The summed E-state index contributed by atoms with van der Waals surface area (Å²) in [4.78, 5) is 21.3. The number of nitrogens with one attached hydrogen (secondary N) is 1. The van der Waals surface area contributed by atoms with Crippen LogP contribution in [0.4, 0.5) is 19.0 Å². The van der Waals surface area contributed by atoms with Gasteiger partial charge in [0.05, 0.1) is 28.5 Å². The molecule has 0 amide bonds. The Balaban J connectivity index is 1.78. The van der Waals surface area contributed by atoms with Crippen LogP contribution in [0.1, 0.15) is 36.1 Å². The number of allylic oxidation sites excluding steroid dienone is 1. The number of hydrogen-bond donors (Lipinski definition) is 1. The van der Waals surface area contributed by atoms with E-state index in [0.29, 0.717) is 16.5 Å². The number of sulfone groups is 1. The molecule has 3 heterocycles. The predicted octanol–water partition coefficient (Wildman–Crippen LogP) is 3.46. The number of pyridine rings is 1. The number of benzene rings is 1. The van der Waals surface area contributed by atoms with Crippen molar-refractivity contribution in [1.82, 2.24) is 14.5 Å². The van der Waals surface area contributed by atoms with Gasteiger partial charge >= 0.3 is 5.92 Å². The second kappa shape index (κ2) is 8.81. The molecule has 1 aliphatic heterocycles. The van der Waals surface area contributed by atoms with E-state index in [1.165, 1.54) is 43.1 Å². The van der Waals surface area contributed by atoms with E-state index < -0.39 is 33.2 Å². The average Bonchev–Trinajstić information content (AvgIpc) is 2.82. The van der Waals surface area contributed by atoms with Gasteiger partial charge in [0.2, 0.25) is 0 Å². The molecule has 3 aromatic rings. The fraction of sp³-hybridized carbons (Fsp3) is 0.304. The van der Waals surface area contributed by atoms with Gasteiger partial charge in [-0.25, -0.2) is 22.8 Å². The number of halogens is 3.